The number of benzene rings is 1. The molecule has 0 aromatic heterocycles. The molecule has 5 nitrogen and oxygen atoms in total. The van der Waals surface area contributed by atoms with Crippen molar-refractivity contribution in [3.63, 3.8) is 0 Å². The molecule has 1 aliphatic carbocycles. The molecule has 2 fully saturated rings. The van der Waals surface area contributed by atoms with Crippen LogP contribution >= 0.6 is 0 Å². The summed E-state index contributed by atoms with van der Waals surface area (Å²) in [6.07, 6.45) is 8.08. The average molecular weight is 317 g/mol. The standard InChI is InChI=1S/C16H23N3.C2H4O2/c1-2-5-13(6-3-1)14-7-9-15(10-8-14)19-16-17-11-4-12-18-16;1-2(3)4/h7-10,13H,1-6,11-12H2,(H2,17,18,19);1H3,(H,3,4). The lowest BCUT2D eigenvalue weighted by Gasteiger charge is -2.22. The predicted molar refractivity (Wildman–Crippen MR) is 93.3 cm³/mol. The Balaban J connectivity index is 0.000000433. The second-order valence-corrected chi connectivity index (χ2v) is 6.11. The molecule has 2 aliphatic rings. The van der Waals surface area contributed by atoms with Gasteiger partial charge in [0.25, 0.3) is 5.97 Å². The molecule has 1 saturated carbocycles. The fraction of sp³-hybridized carbons (Fsp3) is 0.556. The zero-order valence-corrected chi connectivity index (χ0v) is 13.8. The van der Waals surface area contributed by atoms with E-state index in [1.165, 1.54) is 44.1 Å². The first-order chi connectivity index (χ1) is 11.1. The molecule has 0 atom stereocenters. The number of rotatable bonds is 2. The van der Waals surface area contributed by atoms with Gasteiger partial charge in [0.15, 0.2) is 5.96 Å². The molecule has 3 N–H and O–H groups in total. The molecule has 1 aromatic rings. The van der Waals surface area contributed by atoms with Gasteiger partial charge in [0.05, 0.1) is 5.69 Å². The van der Waals surface area contributed by atoms with Gasteiger partial charge in [0.2, 0.25) is 0 Å². The van der Waals surface area contributed by atoms with Crippen LogP contribution in [0.1, 0.15) is 56.9 Å². The van der Waals surface area contributed by atoms with Gasteiger partial charge in [-0.2, -0.15) is 0 Å². The predicted octanol–water partition coefficient (Wildman–Crippen LogP) is 3.40. The van der Waals surface area contributed by atoms with Gasteiger partial charge in [-0.1, -0.05) is 31.4 Å². The van der Waals surface area contributed by atoms with Crippen LogP contribution in [0.25, 0.3) is 0 Å². The SMILES string of the molecule is CC(=O)O.c1cc(C2CCCCC2)ccc1N=C1NCCCN1. The molecule has 23 heavy (non-hydrogen) atoms. The fourth-order valence-electron chi connectivity index (χ4n) is 3.03. The lowest BCUT2D eigenvalue weighted by Crippen LogP contribution is -2.43. The van der Waals surface area contributed by atoms with Crippen LogP contribution in [-0.2, 0) is 4.79 Å². The summed E-state index contributed by atoms with van der Waals surface area (Å²) < 4.78 is 0. The van der Waals surface area contributed by atoms with E-state index in [9.17, 15) is 0 Å². The Morgan fingerprint density at radius 3 is 2.17 bits per heavy atom. The maximum Gasteiger partial charge on any atom is 0.300 e. The fourth-order valence-corrected chi connectivity index (χ4v) is 3.03. The number of nitrogens with zero attached hydrogens (tertiary/aromatic N) is 1. The topological polar surface area (TPSA) is 73.7 Å². The molecular weight excluding hydrogens is 290 g/mol. The minimum Gasteiger partial charge on any atom is -0.481 e. The lowest BCUT2D eigenvalue weighted by atomic mass is 9.84. The van der Waals surface area contributed by atoms with Crippen molar-refractivity contribution in [3.05, 3.63) is 29.8 Å². The second kappa shape index (κ2) is 9.18. The molecule has 0 unspecified atom stereocenters. The number of aliphatic imine (C=N–C) groups is 1. The number of hydrogen-bond donors (Lipinski definition) is 3. The maximum absolute atomic E-state index is 9.00. The van der Waals surface area contributed by atoms with Crippen LogP contribution < -0.4 is 10.6 Å². The first kappa shape index (κ1) is 17.3. The van der Waals surface area contributed by atoms with Crippen molar-refractivity contribution >= 4 is 17.6 Å². The summed E-state index contributed by atoms with van der Waals surface area (Å²) in [5.41, 5.74) is 2.53. The monoisotopic (exact) mass is 317 g/mol. The van der Waals surface area contributed by atoms with E-state index in [-0.39, 0.29) is 0 Å². The van der Waals surface area contributed by atoms with Crippen molar-refractivity contribution in [2.75, 3.05) is 13.1 Å². The number of carbonyl (C=O) groups is 1. The van der Waals surface area contributed by atoms with Crippen molar-refractivity contribution in [2.45, 2.75) is 51.4 Å². The Morgan fingerprint density at radius 1 is 1.04 bits per heavy atom. The highest BCUT2D eigenvalue weighted by Gasteiger charge is 2.15. The van der Waals surface area contributed by atoms with Crippen molar-refractivity contribution in [2.24, 2.45) is 4.99 Å². The number of hydrogen-bond acceptors (Lipinski definition) is 2. The zero-order chi connectivity index (χ0) is 16.5. The Labute approximate surface area is 138 Å². The Morgan fingerprint density at radius 2 is 1.61 bits per heavy atom. The van der Waals surface area contributed by atoms with Crippen LogP contribution in [0, 0.1) is 0 Å². The van der Waals surface area contributed by atoms with Crippen molar-refractivity contribution in [1.82, 2.24) is 10.6 Å². The largest absolute Gasteiger partial charge is 0.481 e. The van der Waals surface area contributed by atoms with Gasteiger partial charge >= 0.3 is 0 Å². The maximum atomic E-state index is 9.00. The van der Waals surface area contributed by atoms with E-state index in [0.29, 0.717) is 0 Å². The van der Waals surface area contributed by atoms with E-state index in [4.69, 9.17) is 9.90 Å². The van der Waals surface area contributed by atoms with Crippen molar-refractivity contribution in [3.8, 4) is 0 Å². The average Bonchev–Trinajstić information content (AvgIpc) is 2.57. The third-order valence-corrected chi connectivity index (χ3v) is 4.15. The van der Waals surface area contributed by atoms with E-state index in [2.05, 4.69) is 39.9 Å². The molecule has 1 heterocycles. The van der Waals surface area contributed by atoms with Gasteiger partial charge in [0, 0.05) is 20.0 Å². The molecule has 3 rings (SSSR count). The molecule has 126 valence electrons. The summed E-state index contributed by atoms with van der Waals surface area (Å²) in [4.78, 5) is 13.6. The quantitative estimate of drug-likeness (QED) is 0.781. The number of aliphatic carboxylic acids is 1. The molecule has 1 aromatic carbocycles. The molecule has 0 bridgehead atoms. The van der Waals surface area contributed by atoms with Crippen LogP contribution in [0.4, 0.5) is 5.69 Å². The normalized spacial score (nSPS) is 18.0. The van der Waals surface area contributed by atoms with E-state index < -0.39 is 5.97 Å². The summed E-state index contributed by atoms with van der Waals surface area (Å²) in [6.45, 7) is 3.12. The number of carboxylic acid groups (broad SMARTS) is 1. The lowest BCUT2D eigenvalue weighted by molar-refractivity contribution is -0.134. The number of carboxylic acids is 1. The zero-order valence-electron chi connectivity index (χ0n) is 13.8. The van der Waals surface area contributed by atoms with Gasteiger partial charge in [-0.25, -0.2) is 4.99 Å². The first-order valence-corrected chi connectivity index (χ1v) is 8.51. The summed E-state index contributed by atoms with van der Waals surface area (Å²) in [7, 11) is 0. The van der Waals surface area contributed by atoms with Crippen molar-refractivity contribution in [1.29, 1.82) is 0 Å². The Bertz CT molecular complexity index is 508. The van der Waals surface area contributed by atoms with E-state index in [1.54, 1.807) is 0 Å². The van der Waals surface area contributed by atoms with E-state index in [0.717, 1.165) is 37.6 Å². The minimum atomic E-state index is -0.833. The highest BCUT2D eigenvalue weighted by Crippen LogP contribution is 2.33. The Kier molecular flexibility index (Phi) is 6.91. The molecule has 0 spiro atoms. The van der Waals surface area contributed by atoms with Crippen LogP contribution in [0.3, 0.4) is 0 Å². The summed E-state index contributed by atoms with van der Waals surface area (Å²) in [5, 5.41) is 14.0. The van der Waals surface area contributed by atoms with Gasteiger partial charge in [-0.15, -0.1) is 0 Å². The molecule has 0 amide bonds. The third kappa shape index (κ3) is 6.30. The van der Waals surface area contributed by atoms with Gasteiger partial charge in [0.1, 0.15) is 0 Å². The van der Waals surface area contributed by atoms with E-state index in [1.807, 2.05) is 0 Å². The van der Waals surface area contributed by atoms with Gasteiger partial charge < -0.3 is 15.7 Å². The Hall–Kier alpha value is -2.04. The highest BCUT2D eigenvalue weighted by molar-refractivity contribution is 5.83. The minimum absolute atomic E-state index is 0.779. The number of guanidine groups is 1. The molecule has 1 aliphatic heterocycles. The molecule has 0 radical (unpaired) electrons. The highest BCUT2D eigenvalue weighted by atomic mass is 16.4. The van der Waals surface area contributed by atoms with Crippen LogP contribution in [0.15, 0.2) is 29.3 Å². The summed E-state index contributed by atoms with van der Waals surface area (Å²) in [5.74, 6) is 0.859. The summed E-state index contributed by atoms with van der Waals surface area (Å²) in [6, 6.07) is 8.82. The van der Waals surface area contributed by atoms with Crippen molar-refractivity contribution < 1.29 is 9.90 Å². The smallest absolute Gasteiger partial charge is 0.300 e. The van der Waals surface area contributed by atoms with Crippen LogP contribution in [-0.4, -0.2) is 30.1 Å². The third-order valence-electron chi connectivity index (χ3n) is 4.15. The second-order valence-electron chi connectivity index (χ2n) is 6.11. The van der Waals surface area contributed by atoms with Crippen LogP contribution in [0.2, 0.25) is 0 Å². The summed E-state index contributed by atoms with van der Waals surface area (Å²) >= 11 is 0. The van der Waals surface area contributed by atoms with Gasteiger partial charge in [-0.05, 0) is 42.9 Å². The molecule has 1 saturated heterocycles. The first-order valence-electron chi connectivity index (χ1n) is 8.51. The van der Waals surface area contributed by atoms with Gasteiger partial charge in [-0.3, -0.25) is 4.79 Å². The van der Waals surface area contributed by atoms with E-state index >= 15 is 0 Å². The molecule has 5 heteroatoms. The molecular formula is C18H27N3O2. The van der Waals surface area contributed by atoms with Crippen LogP contribution in [0.5, 0.6) is 0 Å². The number of nitrogens with one attached hydrogen (secondary N) is 2.